The van der Waals surface area contributed by atoms with Gasteiger partial charge < -0.3 is 20.6 Å². The normalized spacial score (nSPS) is 25.2. The van der Waals surface area contributed by atoms with Gasteiger partial charge in [-0.05, 0) is 145 Å². The molecule has 0 amide bonds. The van der Waals surface area contributed by atoms with E-state index >= 15 is 0 Å². The third-order valence-electron chi connectivity index (χ3n) is 13.7. The van der Waals surface area contributed by atoms with Crippen molar-refractivity contribution in [2.75, 3.05) is 0 Å². The Morgan fingerprint density at radius 3 is 1.36 bits per heavy atom. The van der Waals surface area contributed by atoms with Gasteiger partial charge in [-0.3, -0.25) is 0 Å². The summed E-state index contributed by atoms with van der Waals surface area (Å²) in [5, 5.41) is 7.84. The first kappa shape index (κ1) is 41.1. The first-order valence-corrected chi connectivity index (χ1v) is 20.4. The van der Waals surface area contributed by atoms with Crippen LogP contribution in [0.3, 0.4) is 0 Å². The molecular weight excluding hydrogens is 778 g/mol. The van der Waals surface area contributed by atoms with Crippen molar-refractivity contribution in [2.24, 2.45) is 11.8 Å². The van der Waals surface area contributed by atoms with Crippen LogP contribution in [-0.2, 0) is 25.7 Å². The standard InChI is InChI=1S/C46H50N6.4ClH/c1-3-7-37-33(5-1)25-43(47-37)45-49-39-19-17-31(23-41(39)51-45)35-21-27-9-13-29(35)15-11-28-10-14-30(16-12-27)36(22-28)32-18-20-40-42(24-32)52-46(50-40)44-26-34-6-2-4-8-38(34)48-44;;;;/h9-10,13-14,17-24,33-34,37-38,43-44,47-48H,1-8,11-12,15-16,25-26H2,(H,49,51)(H,50,52);4*1H/t33-,34-,37-,38-,43-,44-;;;;/m0..../s1. The summed E-state index contributed by atoms with van der Waals surface area (Å²) in [6.07, 6.45) is 17.3. The van der Waals surface area contributed by atoms with Crippen molar-refractivity contribution >= 4 is 71.7 Å². The summed E-state index contributed by atoms with van der Waals surface area (Å²) in [4.78, 5) is 17.7. The van der Waals surface area contributed by atoms with E-state index < -0.39 is 0 Å². The Balaban J connectivity index is 0.00000120. The predicted molar refractivity (Wildman–Crippen MR) is 239 cm³/mol. The first-order valence-electron chi connectivity index (χ1n) is 20.4. The van der Waals surface area contributed by atoms with Gasteiger partial charge in [0.1, 0.15) is 11.6 Å². The minimum absolute atomic E-state index is 0. The molecule has 6 aliphatic carbocycles. The van der Waals surface area contributed by atoms with Crippen LogP contribution in [0.5, 0.6) is 0 Å². The number of fused-ring (bicyclic) bond motifs is 4. The van der Waals surface area contributed by atoms with Crippen molar-refractivity contribution in [3.8, 4) is 22.3 Å². The molecule has 2 saturated heterocycles. The van der Waals surface area contributed by atoms with E-state index in [4.69, 9.17) is 9.97 Å². The molecule has 296 valence electrons. The lowest BCUT2D eigenvalue weighted by Crippen LogP contribution is -2.30. The molecule has 0 radical (unpaired) electrons. The second-order valence-corrected chi connectivity index (χ2v) is 16.9. The number of nitrogens with one attached hydrogen (secondary N) is 4. The molecule has 8 aliphatic rings. The molecule has 2 aromatic heterocycles. The molecule has 4 bridgehead atoms. The molecule has 2 aliphatic heterocycles. The molecule has 2 saturated carbocycles. The summed E-state index contributed by atoms with van der Waals surface area (Å²) in [6, 6.07) is 30.2. The number of H-pyrrole nitrogens is 2. The van der Waals surface area contributed by atoms with Crippen molar-refractivity contribution in [3.05, 3.63) is 107 Å². The molecule has 10 heteroatoms. The topological polar surface area (TPSA) is 81.4 Å². The maximum absolute atomic E-state index is 5.09. The Hall–Kier alpha value is -3.10. The van der Waals surface area contributed by atoms with E-state index in [0.29, 0.717) is 24.2 Å². The van der Waals surface area contributed by atoms with Gasteiger partial charge in [-0.1, -0.05) is 74.2 Å². The average molecular weight is 833 g/mol. The van der Waals surface area contributed by atoms with Crippen LogP contribution in [0.2, 0.25) is 0 Å². The highest BCUT2D eigenvalue weighted by Gasteiger charge is 2.38. The highest BCUT2D eigenvalue weighted by atomic mass is 35.5. The van der Waals surface area contributed by atoms with E-state index in [9.17, 15) is 0 Å². The number of halogens is 4. The van der Waals surface area contributed by atoms with Crippen LogP contribution in [0.25, 0.3) is 44.3 Å². The van der Waals surface area contributed by atoms with Crippen LogP contribution in [0.4, 0.5) is 0 Å². The van der Waals surface area contributed by atoms with Crippen LogP contribution in [0.1, 0.15) is 110 Å². The van der Waals surface area contributed by atoms with E-state index in [1.807, 2.05) is 0 Å². The lowest BCUT2D eigenvalue weighted by molar-refractivity contribution is 0.325. The summed E-state index contributed by atoms with van der Waals surface area (Å²) in [5.41, 5.74) is 15.4. The maximum Gasteiger partial charge on any atom is 0.124 e. The zero-order valence-corrected chi connectivity index (χ0v) is 35.1. The molecule has 4 fully saturated rings. The third-order valence-corrected chi connectivity index (χ3v) is 13.7. The molecular formula is C46H54Cl4N6. The fourth-order valence-electron chi connectivity index (χ4n) is 10.9. The van der Waals surface area contributed by atoms with Crippen molar-refractivity contribution in [1.82, 2.24) is 30.6 Å². The first-order chi connectivity index (χ1) is 25.7. The van der Waals surface area contributed by atoms with E-state index in [2.05, 4.69) is 93.4 Å². The van der Waals surface area contributed by atoms with Crippen LogP contribution < -0.4 is 10.6 Å². The van der Waals surface area contributed by atoms with E-state index in [-0.39, 0.29) is 49.6 Å². The smallest absolute Gasteiger partial charge is 0.124 e. The molecule has 4 aromatic carbocycles. The summed E-state index contributed by atoms with van der Waals surface area (Å²) in [6.45, 7) is 0. The predicted octanol–water partition coefficient (Wildman–Crippen LogP) is 11.5. The average Bonchev–Trinajstić information content (AvgIpc) is 3.98. The van der Waals surface area contributed by atoms with Gasteiger partial charge in [0, 0.05) is 12.1 Å². The summed E-state index contributed by atoms with van der Waals surface area (Å²) >= 11 is 0. The fraction of sp³-hybridized carbons (Fsp3) is 0.435. The van der Waals surface area contributed by atoms with Crippen molar-refractivity contribution < 1.29 is 0 Å². The number of aromatic amines is 2. The minimum atomic E-state index is 0. The van der Waals surface area contributed by atoms with Crippen molar-refractivity contribution in [1.29, 1.82) is 0 Å². The summed E-state index contributed by atoms with van der Waals surface area (Å²) in [5.74, 6) is 3.85. The molecule has 6 aromatic rings. The zero-order chi connectivity index (χ0) is 34.2. The second kappa shape index (κ2) is 17.0. The lowest BCUT2D eigenvalue weighted by Gasteiger charge is -2.24. The van der Waals surface area contributed by atoms with Gasteiger partial charge in [-0.15, -0.1) is 49.6 Å². The van der Waals surface area contributed by atoms with E-state index in [0.717, 1.165) is 71.2 Å². The fourth-order valence-corrected chi connectivity index (χ4v) is 10.9. The Labute approximate surface area is 355 Å². The highest BCUT2D eigenvalue weighted by molar-refractivity contribution is 5.86. The van der Waals surface area contributed by atoms with Crippen molar-refractivity contribution in [3.63, 3.8) is 0 Å². The number of nitrogens with zero attached hydrogens (tertiary/aromatic N) is 2. The molecule has 6 atom stereocenters. The highest BCUT2D eigenvalue weighted by Crippen LogP contribution is 2.41. The lowest BCUT2D eigenvalue weighted by atomic mass is 9.85. The SMILES string of the molecule is Cl.Cl.Cl.Cl.c1cc2c(-c3ccc4nc([C@@H]5C[C@@H]6CCCC[C@@H]6N5)[nH]c4c3)cc1CCc1ccc(cc1-c1ccc3nc([C@@H]4C[C@@H]5CCCC[C@@H]5N4)[nH]c3c1)CC2. The van der Waals surface area contributed by atoms with Gasteiger partial charge >= 0.3 is 0 Å². The maximum atomic E-state index is 5.09. The van der Waals surface area contributed by atoms with Crippen LogP contribution in [0.15, 0.2) is 72.8 Å². The number of imidazole rings is 2. The van der Waals surface area contributed by atoms with Crippen LogP contribution in [-0.4, -0.2) is 32.0 Å². The number of benzene rings is 4. The van der Waals surface area contributed by atoms with Gasteiger partial charge in [-0.25, -0.2) is 9.97 Å². The molecule has 6 nitrogen and oxygen atoms in total. The largest absolute Gasteiger partial charge is 0.341 e. The molecule has 56 heavy (non-hydrogen) atoms. The molecule has 4 heterocycles. The molecule has 4 N–H and O–H groups in total. The number of aromatic nitrogens is 4. The van der Waals surface area contributed by atoms with Crippen LogP contribution >= 0.6 is 49.6 Å². The summed E-state index contributed by atoms with van der Waals surface area (Å²) < 4.78 is 0. The van der Waals surface area contributed by atoms with Gasteiger partial charge in [0.25, 0.3) is 0 Å². The van der Waals surface area contributed by atoms with Crippen LogP contribution in [0, 0.1) is 11.8 Å². The molecule has 0 spiro atoms. The Bertz CT molecular complexity index is 2130. The van der Waals surface area contributed by atoms with Gasteiger partial charge in [0.2, 0.25) is 0 Å². The third kappa shape index (κ3) is 7.63. The summed E-state index contributed by atoms with van der Waals surface area (Å²) in [7, 11) is 0. The number of hydrogen-bond acceptors (Lipinski definition) is 4. The number of rotatable bonds is 4. The van der Waals surface area contributed by atoms with Gasteiger partial charge in [0.05, 0.1) is 34.2 Å². The van der Waals surface area contributed by atoms with E-state index in [1.54, 1.807) is 0 Å². The Kier molecular flexibility index (Phi) is 12.5. The van der Waals surface area contributed by atoms with E-state index in [1.165, 1.54) is 109 Å². The molecule has 14 rings (SSSR count). The monoisotopic (exact) mass is 830 g/mol. The Morgan fingerprint density at radius 2 is 0.911 bits per heavy atom. The molecule has 0 unspecified atom stereocenters. The minimum Gasteiger partial charge on any atom is -0.341 e. The second-order valence-electron chi connectivity index (χ2n) is 16.9. The van der Waals surface area contributed by atoms with Gasteiger partial charge in [-0.2, -0.15) is 0 Å². The zero-order valence-electron chi connectivity index (χ0n) is 31.8. The quantitative estimate of drug-likeness (QED) is 0.143. The number of aryl methyl sites for hydroxylation is 4. The van der Waals surface area contributed by atoms with Crippen molar-refractivity contribution in [2.45, 2.75) is 114 Å². The van der Waals surface area contributed by atoms with Gasteiger partial charge in [0.15, 0.2) is 0 Å². The number of hydrogen-bond donors (Lipinski definition) is 4. The Morgan fingerprint density at radius 1 is 0.464 bits per heavy atom.